The molecule has 0 atom stereocenters. The number of oxazole rings is 3. The Balaban J connectivity index is 0.000000115. The summed E-state index contributed by atoms with van der Waals surface area (Å²) in [5.41, 5.74) is 7.64. The summed E-state index contributed by atoms with van der Waals surface area (Å²) in [5.74, 6) is 2.05. The lowest BCUT2D eigenvalue weighted by molar-refractivity contribution is 0.551. The number of para-hydroxylation sites is 3. The molecule has 11 aromatic heterocycles. The molecule has 0 N–H and O–H groups in total. The van der Waals surface area contributed by atoms with Gasteiger partial charge in [0.05, 0.1) is 29.9 Å². The van der Waals surface area contributed by atoms with Crippen LogP contribution >= 0.6 is 34.0 Å². The van der Waals surface area contributed by atoms with Crippen LogP contribution in [0.5, 0.6) is 0 Å². The lowest BCUT2D eigenvalue weighted by atomic mass is 10.3. The fourth-order valence-electron chi connectivity index (χ4n) is 5.80. The molecule has 11 heterocycles. The molecule has 0 bridgehead atoms. The number of aromatic nitrogens is 11. The largest absolute Gasteiger partial charge is 0.441 e. The average molecular weight is 930 g/mol. The SMILES string of the molecule is Cc1nc2ccccc2o1.Cc1nc2ccccc2s1.Cc1nc2cccnc2o1.Cc1nc2cccnc2s1.Cc1nc2ncccc2o1.Cc1nc2ncccc2s1.c1ccncc1. The first-order valence-electron chi connectivity index (χ1n) is 20.4. The normalized spacial score (nSPS) is 10.3. The molecule has 0 saturated heterocycles. The van der Waals surface area contributed by atoms with E-state index in [4.69, 9.17) is 13.3 Å². The van der Waals surface area contributed by atoms with Gasteiger partial charge in [0.1, 0.15) is 21.4 Å². The van der Waals surface area contributed by atoms with Crippen LogP contribution in [0.15, 0.2) is 166 Å². The van der Waals surface area contributed by atoms with Gasteiger partial charge in [-0.15, -0.1) is 22.7 Å². The van der Waals surface area contributed by atoms with Crippen molar-refractivity contribution in [3.63, 3.8) is 0 Å². The van der Waals surface area contributed by atoms with Crippen molar-refractivity contribution in [2.75, 3.05) is 0 Å². The van der Waals surface area contributed by atoms with Crippen molar-refractivity contribution in [1.29, 1.82) is 0 Å². The summed E-state index contributed by atoms with van der Waals surface area (Å²) < 4.78 is 18.0. The second kappa shape index (κ2) is 23.3. The highest BCUT2D eigenvalue weighted by Gasteiger charge is 2.02. The van der Waals surface area contributed by atoms with Gasteiger partial charge in [0.15, 0.2) is 40.1 Å². The van der Waals surface area contributed by atoms with Crippen molar-refractivity contribution in [3.8, 4) is 0 Å². The van der Waals surface area contributed by atoms with Crippen LogP contribution in [0.25, 0.3) is 64.5 Å². The summed E-state index contributed by atoms with van der Waals surface area (Å²) in [6.45, 7) is 11.5. The molecule has 330 valence electrons. The molecular weight excluding hydrogens is 887 g/mol. The smallest absolute Gasteiger partial charge is 0.246 e. The maximum Gasteiger partial charge on any atom is 0.246 e. The molecular formula is C49H43N11O3S3. The number of fused-ring (bicyclic) bond motifs is 6. The van der Waals surface area contributed by atoms with Crippen molar-refractivity contribution in [3.05, 3.63) is 185 Å². The van der Waals surface area contributed by atoms with Crippen LogP contribution in [0.3, 0.4) is 0 Å². The Hall–Kier alpha value is -7.73. The number of hydrogen-bond acceptors (Lipinski definition) is 17. The minimum atomic E-state index is 0.611. The number of benzene rings is 2. The molecule has 2 aromatic carbocycles. The maximum absolute atomic E-state index is 5.26. The topological polar surface area (TPSA) is 181 Å². The number of pyridine rings is 5. The van der Waals surface area contributed by atoms with Gasteiger partial charge in [0.2, 0.25) is 5.71 Å². The predicted octanol–water partition coefficient (Wildman–Crippen LogP) is 12.9. The van der Waals surface area contributed by atoms with Crippen molar-refractivity contribution in [1.82, 2.24) is 54.8 Å². The second-order valence-electron chi connectivity index (χ2n) is 13.7. The summed E-state index contributed by atoms with van der Waals surface area (Å²) in [4.78, 5) is 46.1. The first kappa shape index (κ1) is 46.3. The van der Waals surface area contributed by atoms with E-state index < -0.39 is 0 Å². The Morgan fingerprint density at radius 1 is 0.348 bits per heavy atom. The van der Waals surface area contributed by atoms with E-state index >= 15 is 0 Å². The molecule has 0 aliphatic heterocycles. The standard InChI is InChI=1S/C8H7NO.C8H7NS.2C7H6N2O.2C7H6N2S.C5H5N/c2*1-6-9-7-4-2-3-5-8(7)10-6;1-5-9-7-6(10-5)3-2-4-8-7;1-5-9-6-3-2-4-8-7(6)10-5;1-5-9-7-6(10-5)3-2-4-8-7;1-5-9-6-3-2-4-8-7(6)10-5;1-2-4-6-5-3-1/h2*2-5H,1H3;4*2-4H,1H3;1-5H. The van der Waals surface area contributed by atoms with Crippen LogP contribution < -0.4 is 0 Å². The lowest BCUT2D eigenvalue weighted by Gasteiger charge is -1.80. The number of thiazole rings is 3. The van der Waals surface area contributed by atoms with E-state index in [0.29, 0.717) is 23.1 Å². The van der Waals surface area contributed by atoms with Gasteiger partial charge in [-0.2, -0.15) is 4.98 Å². The lowest BCUT2D eigenvalue weighted by Crippen LogP contribution is -1.72. The van der Waals surface area contributed by atoms with Gasteiger partial charge in [-0.3, -0.25) is 4.98 Å². The number of nitrogens with zero attached hydrogens (tertiary/aromatic N) is 11. The number of aryl methyl sites for hydroxylation is 6. The fraction of sp³-hybridized carbons (Fsp3) is 0.122. The maximum atomic E-state index is 5.26. The monoisotopic (exact) mass is 929 g/mol. The molecule has 0 radical (unpaired) electrons. The van der Waals surface area contributed by atoms with E-state index in [1.54, 1.807) is 71.2 Å². The zero-order valence-corrected chi connectivity index (χ0v) is 39.3. The number of rotatable bonds is 0. The van der Waals surface area contributed by atoms with Crippen LogP contribution in [0.1, 0.15) is 32.7 Å². The zero-order chi connectivity index (χ0) is 46.1. The fourth-order valence-corrected chi connectivity index (χ4v) is 8.17. The Morgan fingerprint density at radius 2 is 0.879 bits per heavy atom. The van der Waals surface area contributed by atoms with E-state index in [2.05, 4.69) is 60.9 Å². The Bertz CT molecular complexity index is 2720. The van der Waals surface area contributed by atoms with Gasteiger partial charge >= 0.3 is 0 Å². The highest BCUT2D eigenvalue weighted by Crippen LogP contribution is 2.21. The molecule has 14 nitrogen and oxygen atoms in total. The molecule has 13 rings (SSSR count). The Kier molecular flexibility index (Phi) is 16.3. The van der Waals surface area contributed by atoms with Gasteiger partial charge in [0, 0.05) is 58.0 Å². The summed E-state index contributed by atoms with van der Waals surface area (Å²) in [5, 5.41) is 3.30. The van der Waals surface area contributed by atoms with E-state index in [1.807, 2.05) is 151 Å². The first-order chi connectivity index (χ1) is 32.2. The van der Waals surface area contributed by atoms with Crippen LogP contribution in [-0.4, -0.2) is 54.8 Å². The molecule has 0 unspecified atom stereocenters. The van der Waals surface area contributed by atoms with E-state index in [9.17, 15) is 0 Å². The van der Waals surface area contributed by atoms with Gasteiger partial charge in [-0.25, -0.2) is 44.9 Å². The van der Waals surface area contributed by atoms with Crippen LogP contribution in [-0.2, 0) is 0 Å². The number of hydrogen-bond donors (Lipinski definition) is 0. The summed E-state index contributed by atoms with van der Waals surface area (Å²) in [7, 11) is 0. The van der Waals surface area contributed by atoms with E-state index in [-0.39, 0.29) is 0 Å². The van der Waals surface area contributed by atoms with Crippen LogP contribution in [0, 0.1) is 41.5 Å². The van der Waals surface area contributed by atoms with Crippen LogP contribution in [0.2, 0.25) is 0 Å². The third kappa shape index (κ3) is 13.6. The molecule has 0 amide bonds. The first-order valence-corrected chi connectivity index (χ1v) is 22.8. The highest BCUT2D eigenvalue weighted by atomic mass is 32.1. The van der Waals surface area contributed by atoms with Crippen LogP contribution in [0.4, 0.5) is 0 Å². The molecule has 66 heavy (non-hydrogen) atoms. The quantitative estimate of drug-likeness (QED) is 0.140. The molecule has 13 aromatic rings. The van der Waals surface area contributed by atoms with Gasteiger partial charge in [-0.05, 0) is 106 Å². The van der Waals surface area contributed by atoms with Crippen molar-refractivity contribution < 1.29 is 13.3 Å². The molecule has 17 heteroatoms. The van der Waals surface area contributed by atoms with E-state index in [1.165, 1.54) is 9.40 Å². The molecule has 0 spiro atoms. The predicted molar refractivity (Wildman–Crippen MR) is 265 cm³/mol. The molecule has 0 aliphatic rings. The summed E-state index contributed by atoms with van der Waals surface area (Å²) >= 11 is 5.05. The Labute approximate surface area is 391 Å². The van der Waals surface area contributed by atoms with Gasteiger partial charge < -0.3 is 13.3 Å². The second-order valence-corrected chi connectivity index (χ2v) is 17.3. The van der Waals surface area contributed by atoms with Crippen molar-refractivity contribution >= 4 is 98.5 Å². The zero-order valence-electron chi connectivity index (χ0n) is 36.8. The summed E-state index contributed by atoms with van der Waals surface area (Å²) in [6, 6.07) is 36.9. The molecule has 0 fully saturated rings. The van der Waals surface area contributed by atoms with Crippen molar-refractivity contribution in [2.45, 2.75) is 41.5 Å². The highest BCUT2D eigenvalue weighted by molar-refractivity contribution is 7.19. The van der Waals surface area contributed by atoms with Gasteiger partial charge in [-0.1, -0.05) is 41.7 Å². The minimum absolute atomic E-state index is 0.611. The van der Waals surface area contributed by atoms with E-state index in [0.717, 1.165) is 64.6 Å². The third-order valence-electron chi connectivity index (χ3n) is 8.46. The van der Waals surface area contributed by atoms with Gasteiger partial charge in [0.25, 0.3) is 0 Å². The average Bonchev–Trinajstić information content (AvgIpc) is 4.20. The van der Waals surface area contributed by atoms with Crippen molar-refractivity contribution in [2.24, 2.45) is 0 Å². The minimum Gasteiger partial charge on any atom is -0.441 e. The molecule has 0 aliphatic carbocycles. The Morgan fingerprint density at radius 3 is 1.58 bits per heavy atom. The summed E-state index contributed by atoms with van der Waals surface area (Å²) in [6.07, 6.45) is 10.4. The third-order valence-corrected chi connectivity index (χ3v) is 11.2. The molecule has 0 saturated carbocycles.